The molecular formula is C19H23NS. The maximum Gasteiger partial charge on any atom is 0.0449 e. The van der Waals surface area contributed by atoms with Gasteiger partial charge in [0, 0.05) is 15.7 Å². The summed E-state index contributed by atoms with van der Waals surface area (Å²) < 4.78 is 1.37. The fourth-order valence-corrected chi connectivity index (χ4v) is 2.63. The molecule has 0 radical (unpaired) electrons. The van der Waals surface area contributed by atoms with Gasteiger partial charge in [0.25, 0.3) is 0 Å². The summed E-state index contributed by atoms with van der Waals surface area (Å²) >= 11 is 1.79. The average Bonchev–Trinajstić information content (AvgIpc) is 3.09. The SMILES string of the molecule is C=C/C=c1/[nH]c(C)cc1=C.CC.c1ccc2sccc2c1. The van der Waals surface area contributed by atoms with Crippen LogP contribution in [0.4, 0.5) is 0 Å². The van der Waals surface area contributed by atoms with Gasteiger partial charge in [-0.3, -0.25) is 0 Å². The monoisotopic (exact) mass is 297 g/mol. The number of aromatic nitrogens is 1. The minimum absolute atomic E-state index is 1.03. The Morgan fingerprint density at radius 2 is 1.86 bits per heavy atom. The molecule has 1 aromatic carbocycles. The van der Waals surface area contributed by atoms with Crippen LogP contribution in [0.25, 0.3) is 22.7 Å². The van der Waals surface area contributed by atoms with Crippen LogP contribution in [0.2, 0.25) is 0 Å². The smallest absolute Gasteiger partial charge is 0.0449 e. The number of allylic oxidation sites excluding steroid dienone is 1. The number of aromatic amines is 1. The standard InChI is InChI=1S/C9H11N.C8H6S.C2H6/c1-4-5-9-7(2)6-8(3)10-9;1-2-4-8-7(3-1)5-6-9-8;1-2/h4-6,10H,1-2H2,3H3;1-6H;1-2H3/b9-5+;;. The van der Waals surface area contributed by atoms with Crippen molar-refractivity contribution in [1.29, 1.82) is 0 Å². The second-order valence-corrected chi connectivity index (χ2v) is 5.20. The van der Waals surface area contributed by atoms with E-state index >= 15 is 0 Å². The number of hydrogen-bond acceptors (Lipinski definition) is 1. The summed E-state index contributed by atoms with van der Waals surface area (Å²) in [5.41, 5.74) is 1.14. The Bertz CT molecular complexity index is 747. The molecule has 110 valence electrons. The highest BCUT2D eigenvalue weighted by molar-refractivity contribution is 7.17. The van der Waals surface area contributed by atoms with E-state index in [-0.39, 0.29) is 0 Å². The zero-order chi connectivity index (χ0) is 15.7. The van der Waals surface area contributed by atoms with Crippen LogP contribution in [-0.4, -0.2) is 4.98 Å². The Hall–Kier alpha value is -2.06. The number of H-pyrrole nitrogens is 1. The second-order valence-electron chi connectivity index (χ2n) is 4.25. The highest BCUT2D eigenvalue weighted by Gasteiger charge is 1.88. The van der Waals surface area contributed by atoms with Gasteiger partial charge in [-0.15, -0.1) is 11.3 Å². The Morgan fingerprint density at radius 3 is 2.43 bits per heavy atom. The van der Waals surface area contributed by atoms with Gasteiger partial charge in [-0.05, 0) is 47.2 Å². The van der Waals surface area contributed by atoms with Crippen molar-refractivity contribution < 1.29 is 0 Å². The number of thiophene rings is 1. The Balaban J connectivity index is 0.000000188. The number of hydrogen-bond donors (Lipinski definition) is 1. The van der Waals surface area contributed by atoms with Gasteiger partial charge in [-0.2, -0.15) is 0 Å². The van der Waals surface area contributed by atoms with E-state index in [2.05, 4.69) is 53.9 Å². The number of benzene rings is 1. The van der Waals surface area contributed by atoms with E-state index in [1.165, 1.54) is 10.1 Å². The second kappa shape index (κ2) is 8.98. The molecule has 21 heavy (non-hydrogen) atoms. The van der Waals surface area contributed by atoms with E-state index in [1.54, 1.807) is 17.4 Å². The molecule has 0 aliphatic carbocycles. The normalized spacial score (nSPS) is 10.3. The first-order valence-corrected chi connectivity index (χ1v) is 7.98. The Morgan fingerprint density at radius 1 is 1.14 bits per heavy atom. The summed E-state index contributed by atoms with van der Waals surface area (Å²) in [5, 5.41) is 5.54. The van der Waals surface area contributed by atoms with Crippen molar-refractivity contribution in [2.45, 2.75) is 20.8 Å². The highest BCUT2D eigenvalue weighted by atomic mass is 32.1. The zero-order valence-electron chi connectivity index (χ0n) is 13.0. The van der Waals surface area contributed by atoms with Crippen LogP contribution >= 0.6 is 11.3 Å². The molecule has 0 fully saturated rings. The number of rotatable bonds is 1. The quantitative estimate of drug-likeness (QED) is 0.674. The molecule has 0 atom stereocenters. The van der Waals surface area contributed by atoms with Crippen LogP contribution in [0.15, 0.2) is 54.4 Å². The van der Waals surface area contributed by atoms with Crippen molar-refractivity contribution in [3.63, 3.8) is 0 Å². The van der Waals surface area contributed by atoms with Crippen LogP contribution in [0.3, 0.4) is 0 Å². The first kappa shape index (κ1) is 17.0. The molecule has 2 aromatic heterocycles. The minimum atomic E-state index is 1.03. The largest absolute Gasteiger partial charge is 0.359 e. The lowest BCUT2D eigenvalue weighted by molar-refractivity contribution is 1.22. The maximum atomic E-state index is 3.85. The third-order valence-electron chi connectivity index (χ3n) is 2.71. The van der Waals surface area contributed by atoms with Crippen molar-refractivity contribution in [1.82, 2.24) is 4.98 Å². The van der Waals surface area contributed by atoms with E-state index in [9.17, 15) is 0 Å². The third-order valence-corrected chi connectivity index (χ3v) is 3.61. The molecular weight excluding hydrogens is 274 g/mol. The molecule has 0 spiro atoms. The van der Waals surface area contributed by atoms with Gasteiger partial charge in [-0.25, -0.2) is 0 Å². The Kier molecular flexibility index (Phi) is 7.27. The summed E-state index contributed by atoms with van der Waals surface area (Å²) in [6.07, 6.45) is 3.66. The fraction of sp³-hybridized carbons (Fsp3) is 0.158. The van der Waals surface area contributed by atoms with Gasteiger partial charge >= 0.3 is 0 Å². The van der Waals surface area contributed by atoms with E-state index < -0.39 is 0 Å². The van der Waals surface area contributed by atoms with E-state index in [1.807, 2.05) is 32.9 Å². The van der Waals surface area contributed by atoms with Crippen LogP contribution in [0, 0.1) is 6.92 Å². The molecule has 1 nitrogen and oxygen atoms in total. The first-order valence-electron chi connectivity index (χ1n) is 7.10. The van der Waals surface area contributed by atoms with Gasteiger partial charge in [0.2, 0.25) is 0 Å². The van der Waals surface area contributed by atoms with Crippen LogP contribution in [-0.2, 0) is 0 Å². The lowest BCUT2D eigenvalue weighted by Crippen LogP contribution is -2.19. The van der Waals surface area contributed by atoms with Crippen molar-refractivity contribution in [3.8, 4) is 0 Å². The van der Waals surface area contributed by atoms with Crippen LogP contribution < -0.4 is 10.6 Å². The molecule has 2 heterocycles. The minimum Gasteiger partial charge on any atom is -0.359 e. The van der Waals surface area contributed by atoms with Gasteiger partial charge in [-0.1, -0.05) is 51.3 Å². The van der Waals surface area contributed by atoms with Crippen molar-refractivity contribution in [2.75, 3.05) is 0 Å². The maximum absolute atomic E-state index is 3.85. The number of aryl methyl sites for hydroxylation is 1. The summed E-state index contributed by atoms with van der Waals surface area (Å²) in [7, 11) is 0. The number of nitrogens with one attached hydrogen (secondary N) is 1. The van der Waals surface area contributed by atoms with Crippen LogP contribution in [0.5, 0.6) is 0 Å². The topological polar surface area (TPSA) is 15.8 Å². The summed E-state index contributed by atoms with van der Waals surface area (Å²) in [4.78, 5) is 3.16. The van der Waals surface area contributed by atoms with Crippen LogP contribution in [0.1, 0.15) is 19.5 Å². The lowest BCUT2D eigenvalue weighted by Gasteiger charge is -1.82. The predicted molar refractivity (Wildman–Crippen MR) is 98.1 cm³/mol. The summed E-state index contributed by atoms with van der Waals surface area (Å²) in [6, 6.07) is 12.6. The number of fused-ring (bicyclic) bond motifs is 1. The first-order chi connectivity index (χ1) is 10.2. The molecule has 3 rings (SSSR count). The van der Waals surface area contributed by atoms with Crippen molar-refractivity contribution >= 4 is 34.1 Å². The Labute approximate surface area is 131 Å². The molecule has 0 aliphatic heterocycles. The highest BCUT2D eigenvalue weighted by Crippen LogP contribution is 2.18. The predicted octanol–water partition coefficient (Wildman–Crippen LogP) is 4.63. The van der Waals surface area contributed by atoms with E-state index in [0.29, 0.717) is 0 Å². The van der Waals surface area contributed by atoms with Gasteiger partial charge in [0.05, 0.1) is 0 Å². The fourth-order valence-electron chi connectivity index (χ4n) is 1.84. The summed E-state index contributed by atoms with van der Waals surface area (Å²) in [6.45, 7) is 13.5. The van der Waals surface area contributed by atoms with Gasteiger partial charge < -0.3 is 4.98 Å². The molecule has 1 N–H and O–H groups in total. The zero-order valence-corrected chi connectivity index (χ0v) is 13.8. The molecule has 3 aromatic rings. The van der Waals surface area contributed by atoms with E-state index in [0.717, 1.165) is 16.3 Å². The van der Waals surface area contributed by atoms with E-state index in [4.69, 9.17) is 0 Å². The molecule has 0 saturated heterocycles. The third kappa shape index (κ3) is 5.09. The molecule has 0 aliphatic rings. The lowest BCUT2D eigenvalue weighted by atomic mass is 10.3. The van der Waals surface area contributed by atoms with Crippen molar-refractivity contribution in [2.24, 2.45) is 0 Å². The molecule has 0 unspecified atom stereocenters. The van der Waals surface area contributed by atoms with Gasteiger partial charge in [0.15, 0.2) is 0 Å². The molecule has 0 saturated carbocycles. The summed E-state index contributed by atoms with van der Waals surface area (Å²) in [5.74, 6) is 0. The average molecular weight is 297 g/mol. The molecule has 0 bridgehead atoms. The molecule has 0 amide bonds. The van der Waals surface area contributed by atoms with Gasteiger partial charge in [0.1, 0.15) is 0 Å². The molecule has 2 heteroatoms. The van der Waals surface area contributed by atoms with Crippen molar-refractivity contribution in [3.05, 3.63) is 70.7 Å².